The van der Waals surface area contributed by atoms with Crippen molar-refractivity contribution in [3.8, 4) is 0 Å². The van der Waals surface area contributed by atoms with Gasteiger partial charge in [-0.25, -0.2) is 0 Å². The molecule has 0 bridgehead atoms. The zero-order valence-corrected chi connectivity index (χ0v) is 12.1. The molecule has 1 aliphatic rings. The Morgan fingerprint density at radius 2 is 2.11 bits per heavy atom. The van der Waals surface area contributed by atoms with Gasteiger partial charge >= 0.3 is 5.97 Å². The highest BCUT2D eigenvalue weighted by Crippen LogP contribution is 2.45. The molecule has 0 amide bonds. The average Bonchev–Trinajstić information content (AvgIpc) is 3.19. The van der Waals surface area contributed by atoms with E-state index in [1.807, 2.05) is 0 Å². The van der Waals surface area contributed by atoms with Crippen LogP contribution in [0.1, 0.15) is 29.5 Å². The van der Waals surface area contributed by atoms with Gasteiger partial charge in [-0.1, -0.05) is 23.8 Å². The quantitative estimate of drug-likeness (QED) is 0.631. The van der Waals surface area contributed by atoms with Crippen LogP contribution in [0, 0.1) is 19.3 Å². The Bertz CT molecular complexity index is 464. The van der Waals surface area contributed by atoms with Crippen molar-refractivity contribution in [2.75, 3.05) is 20.2 Å². The van der Waals surface area contributed by atoms with Crippen molar-refractivity contribution in [2.45, 2.75) is 33.1 Å². The summed E-state index contributed by atoms with van der Waals surface area (Å²) in [6.45, 7) is 5.91. The second kappa shape index (κ2) is 5.74. The summed E-state index contributed by atoms with van der Waals surface area (Å²) in [4.78, 5) is 11.6. The Hall–Kier alpha value is -1.35. The number of methoxy groups -OCH3 is 1. The van der Waals surface area contributed by atoms with Crippen LogP contribution in [0.3, 0.4) is 0 Å². The van der Waals surface area contributed by atoms with Crippen LogP contribution in [0.25, 0.3) is 0 Å². The molecule has 104 valence electrons. The number of hydrogen-bond acceptors (Lipinski definition) is 3. The standard InChI is InChI=1S/C16H23NO2/c1-12-4-5-13(2)14(10-12)6-9-17-11-16(7-8-16)15(18)19-3/h4-5,10,17H,6-9,11H2,1-3H3. The van der Waals surface area contributed by atoms with Crippen molar-refractivity contribution in [3.63, 3.8) is 0 Å². The van der Waals surface area contributed by atoms with Crippen LogP contribution in [0.5, 0.6) is 0 Å². The first-order valence-corrected chi connectivity index (χ1v) is 6.93. The van der Waals surface area contributed by atoms with Gasteiger partial charge in [-0.2, -0.15) is 0 Å². The van der Waals surface area contributed by atoms with Crippen LogP contribution in [0.4, 0.5) is 0 Å². The van der Waals surface area contributed by atoms with Crippen molar-refractivity contribution in [1.29, 1.82) is 0 Å². The number of carbonyl (C=O) groups excluding carboxylic acids is 1. The smallest absolute Gasteiger partial charge is 0.313 e. The van der Waals surface area contributed by atoms with Gasteiger partial charge in [-0.15, -0.1) is 0 Å². The SMILES string of the molecule is COC(=O)C1(CNCCc2cc(C)ccc2C)CC1. The zero-order valence-electron chi connectivity index (χ0n) is 12.1. The third-order valence-electron chi connectivity index (χ3n) is 4.01. The fourth-order valence-corrected chi connectivity index (χ4v) is 2.44. The summed E-state index contributed by atoms with van der Waals surface area (Å²) < 4.78 is 4.85. The molecular formula is C16H23NO2. The monoisotopic (exact) mass is 261 g/mol. The molecule has 0 aliphatic heterocycles. The van der Waals surface area contributed by atoms with Crippen LogP contribution in [-0.4, -0.2) is 26.2 Å². The Labute approximate surface area is 115 Å². The first-order valence-electron chi connectivity index (χ1n) is 6.93. The van der Waals surface area contributed by atoms with Gasteiger partial charge < -0.3 is 10.1 Å². The predicted molar refractivity (Wildman–Crippen MR) is 76.2 cm³/mol. The molecule has 1 aromatic rings. The normalized spacial score (nSPS) is 16.2. The summed E-state index contributed by atoms with van der Waals surface area (Å²) in [5.41, 5.74) is 3.79. The molecule has 1 aliphatic carbocycles. The van der Waals surface area contributed by atoms with E-state index in [-0.39, 0.29) is 11.4 Å². The maximum absolute atomic E-state index is 11.6. The highest BCUT2D eigenvalue weighted by atomic mass is 16.5. The van der Waals surface area contributed by atoms with E-state index in [9.17, 15) is 4.79 Å². The molecule has 1 N–H and O–H groups in total. The van der Waals surface area contributed by atoms with Crippen LogP contribution < -0.4 is 5.32 Å². The number of ether oxygens (including phenoxy) is 1. The van der Waals surface area contributed by atoms with Crippen LogP contribution in [-0.2, 0) is 16.0 Å². The van der Waals surface area contributed by atoms with E-state index >= 15 is 0 Å². The maximum atomic E-state index is 11.6. The second-order valence-electron chi connectivity index (χ2n) is 5.63. The lowest BCUT2D eigenvalue weighted by Crippen LogP contribution is -2.32. The predicted octanol–water partition coefficient (Wildman–Crippen LogP) is 2.39. The molecule has 19 heavy (non-hydrogen) atoms. The first-order chi connectivity index (χ1) is 9.07. The van der Waals surface area contributed by atoms with Crippen molar-refractivity contribution in [2.24, 2.45) is 5.41 Å². The summed E-state index contributed by atoms with van der Waals surface area (Å²) in [5, 5.41) is 3.40. The number of esters is 1. The molecule has 0 spiro atoms. The second-order valence-corrected chi connectivity index (χ2v) is 5.63. The first kappa shape index (κ1) is 14.1. The van der Waals surface area contributed by atoms with E-state index in [0.29, 0.717) is 0 Å². The van der Waals surface area contributed by atoms with Gasteiger partial charge in [0.05, 0.1) is 12.5 Å². The fraction of sp³-hybridized carbons (Fsp3) is 0.562. The molecule has 0 heterocycles. The van der Waals surface area contributed by atoms with E-state index in [4.69, 9.17) is 4.74 Å². The number of aryl methyl sites for hydroxylation is 2. The minimum absolute atomic E-state index is 0.0632. The summed E-state index contributed by atoms with van der Waals surface area (Å²) in [6, 6.07) is 6.55. The molecule has 0 atom stereocenters. The molecule has 0 radical (unpaired) electrons. The minimum atomic E-state index is -0.226. The highest BCUT2D eigenvalue weighted by molar-refractivity contribution is 5.80. The van der Waals surface area contributed by atoms with Crippen LogP contribution in [0.15, 0.2) is 18.2 Å². The van der Waals surface area contributed by atoms with Crippen molar-refractivity contribution in [3.05, 3.63) is 34.9 Å². The Morgan fingerprint density at radius 3 is 2.74 bits per heavy atom. The molecule has 1 fully saturated rings. The molecule has 1 aromatic carbocycles. The maximum Gasteiger partial charge on any atom is 0.313 e. The number of hydrogen-bond donors (Lipinski definition) is 1. The molecule has 0 unspecified atom stereocenters. The summed E-state index contributed by atoms with van der Waals surface area (Å²) in [5.74, 6) is -0.0632. The largest absolute Gasteiger partial charge is 0.469 e. The van der Waals surface area contributed by atoms with Crippen LogP contribution >= 0.6 is 0 Å². The third kappa shape index (κ3) is 3.35. The lowest BCUT2D eigenvalue weighted by molar-refractivity contribution is -0.146. The van der Waals surface area contributed by atoms with Gasteiger partial charge in [0.2, 0.25) is 0 Å². The molecule has 1 saturated carbocycles. The summed E-state index contributed by atoms with van der Waals surface area (Å²) in [6.07, 6.45) is 2.91. The Morgan fingerprint density at radius 1 is 1.37 bits per heavy atom. The molecule has 2 rings (SSSR count). The van der Waals surface area contributed by atoms with E-state index in [2.05, 4.69) is 37.4 Å². The molecule has 3 nitrogen and oxygen atoms in total. The number of carbonyl (C=O) groups is 1. The summed E-state index contributed by atoms with van der Waals surface area (Å²) >= 11 is 0. The van der Waals surface area contributed by atoms with Gasteiger partial charge in [0.1, 0.15) is 0 Å². The zero-order chi connectivity index (χ0) is 13.9. The average molecular weight is 261 g/mol. The van der Waals surface area contributed by atoms with Gasteiger partial charge in [-0.05, 0) is 50.8 Å². The van der Waals surface area contributed by atoms with Gasteiger partial charge in [0.15, 0.2) is 0 Å². The molecular weight excluding hydrogens is 238 g/mol. The van der Waals surface area contributed by atoms with Gasteiger partial charge in [-0.3, -0.25) is 4.79 Å². The number of benzene rings is 1. The van der Waals surface area contributed by atoms with Crippen molar-refractivity contribution >= 4 is 5.97 Å². The van der Waals surface area contributed by atoms with Gasteiger partial charge in [0.25, 0.3) is 0 Å². The van der Waals surface area contributed by atoms with E-state index in [1.54, 1.807) is 0 Å². The fourth-order valence-electron chi connectivity index (χ4n) is 2.44. The van der Waals surface area contributed by atoms with Gasteiger partial charge in [0, 0.05) is 6.54 Å². The Balaban J connectivity index is 1.78. The third-order valence-corrected chi connectivity index (χ3v) is 4.01. The molecule has 3 heteroatoms. The van der Waals surface area contributed by atoms with Crippen molar-refractivity contribution in [1.82, 2.24) is 5.32 Å². The lowest BCUT2D eigenvalue weighted by atomic mass is 10.0. The van der Waals surface area contributed by atoms with E-state index in [0.717, 1.165) is 32.4 Å². The Kier molecular flexibility index (Phi) is 4.25. The molecule has 0 saturated heterocycles. The topological polar surface area (TPSA) is 38.3 Å². The van der Waals surface area contributed by atoms with E-state index in [1.165, 1.54) is 23.8 Å². The number of rotatable bonds is 6. The summed E-state index contributed by atoms with van der Waals surface area (Å²) in [7, 11) is 1.47. The minimum Gasteiger partial charge on any atom is -0.469 e. The van der Waals surface area contributed by atoms with E-state index < -0.39 is 0 Å². The lowest BCUT2D eigenvalue weighted by Gasteiger charge is -2.14. The number of nitrogens with one attached hydrogen (secondary N) is 1. The van der Waals surface area contributed by atoms with Crippen molar-refractivity contribution < 1.29 is 9.53 Å². The van der Waals surface area contributed by atoms with Crippen LogP contribution in [0.2, 0.25) is 0 Å². The highest BCUT2D eigenvalue weighted by Gasteiger charge is 2.50. The molecule has 0 aromatic heterocycles.